The molecule has 112 valence electrons. The molecule has 4 nitrogen and oxygen atoms in total. The van der Waals surface area contributed by atoms with E-state index in [1.807, 2.05) is 48.5 Å². The summed E-state index contributed by atoms with van der Waals surface area (Å²) in [6.07, 6.45) is 4.39. The van der Waals surface area contributed by atoms with Crippen molar-refractivity contribution in [1.82, 2.24) is 5.32 Å². The third kappa shape index (κ3) is 2.81. The third-order valence-corrected chi connectivity index (χ3v) is 3.74. The highest BCUT2D eigenvalue weighted by atomic mass is 16.5. The van der Waals surface area contributed by atoms with Crippen LogP contribution in [0.2, 0.25) is 0 Å². The summed E-state index contributed by atoms with van der Waals surface area (Å²) >= 11 is 0. The Morgan fingerprint density at radius 1 is 1.18 bits per heavy atom. The Bertz CT molecular complexity index is 710. The van der Waals surface area contributed by atoms with Gasteiger partial charge in [-0.3, -0.25) is 4.90 Å². The standard InChI is InChI=1S/C18H18N2O2/c1-22-17-9-5-3-7-15(17)10-12-19-18(21)20-13-11-14-6-2-4-8-16(14)20/h2-10,12H,11,13H2,1H3,(H,19,21)/b12-10+. The van der Waals surface area contributed by atoms with Crippen LogP contribution < -0.4 is 15.0 Å². The highest BCUT2D eigenvalue weighted by Gasteiger charge is 2.23. The summed E-state index contributed by atoms with van der Waals surface area (Å²) in [5.41, 5.74) is 3.13. The van der Waals surface area contributed by atoms with Crippen molar-refractivity contribution in [2.24, 2.45) is 0 Å². The number of benzene rings is 2. The molecule has 2 aromatic rings. The number of hydrogen-bond donors (Lipinski definition) is 1. The van der Waals surface area contributed by atoms with Gasteiger partial charge in [-0.15, -0.1) is 0 Å². The minimum atomic E-state index is -0.115. The van der Waals surface area contributed by atoms with Gasteiger partial charge in [0.25, 0.3) is 0 Å². The summed E-state index contributed by atoms with van der Waals surface area (Å²) < 4.78 is 5.27. The maximum absolute atomic E-state index is 12.3. The number of carbonyl (C=O) groups excluding carboxylic acids is 1. The van der Waals surface area contributed by atoms with Crippen LogP contribution in [0.15, 0.2) is 54.7 Å². The number of urea groups is 1. The predicted octanol–water partition coefficient (Wildman–Crippen LogP) is 3.44. The van der Waals surface area contributed by atoms with Crippen molar-refractivity contribution in [3.63, 3.8) is 0 Å². The highest BCUT2D eigenvalue weighted by Crippen LogP contribution is 2.27. The number of methoxy groups -OCH3 is 1. The molecule has 2 aromatic carbocycles. The zero-order valence-corrected chi connectivity index (χ0v) is 12.5. The largest absolute Gasteiger partial charge is 0.496 e. The molecular formula is C18H18N2O2. The molecule has 0 aliphatic carbocycles. The second-order valence-corrected chi connectivity index (χ2v) is 5.06. The van der Waals surface area contributed by atoms with Crippen LogP contribution in [0.5, 0.6) is 5.75 Å². The molecule has 1 aliphatic rings. The Hall–Kier alpha value is -2.75. The minimum absolute atomic E-state index is 0.115. The van der Waals surface area contributed by atoms with Crippen molar-refractivity contribution in [2.75, 3.05) is 18.6 Å². The number of hydrogen-bond acceptors (Lipinski definition) is 2. The van der Waals surface area contributed by atoms with Gasteiger partial charge in [0.15, 0.2) is 0 Å². The van der Waals surface area contributed by atoms with Crippen LogP contribution in [-0.2, 0) is 6.42 Å². The van der Waals surface area contributed by atoms with E-state index in [1.54, 1.807) is 18.2 Å². The second kappa shape index (κ2) is 6.35. The Balaban J connectivity index is 1.67. The zero-order chi connectivity index (χ0) is 15.4. The molecule has 3 rings (SSSR count). The van der Waals surface area contributed by atoms with Crippen LogP contribution in [-0.4, -0.2) is 19.7 Å². The number of nitrogens with one attached hydrogen (secondary N) is 1. The van der Waals surface area contributed by atoms with E-state index in [9.17, 15) is 4.79 Å². The highest BCUT2D eigenvalue weighted by molar-refractivity contribution is 5.95. The lowest BCUT2D eigenvalue weighted by molar-refractivity contribution is 0.250. The molecule has 0 spiro atoms. The number of ether oxygens (including phenoxy) is 1. The molecule has 4 heteroatoms. The van der Waals surface area contributed by atoms with Crippen LogP contribution in [0.1, 0.15) is 11.1 Å². The molecule has 22 heavy (non-hydrogen) atoms. The molecule has 0 fully saturated rings. The Labute approximate surface area is 130 Å². The van der Waals surface area contributed by atoms with Gasteiger partial charge >= 0.3 is 6.03 Å². The van der Waals surface area contributed by atoms with Crippen molar-refractivity contribution in [3.05, 3.63) is 65.9 Å². The maximum Gasteiger partial charge on any atom is 0.325 e. The molecule has 0 atom stereocenters. The lowest BCUT2D eigenvalue weighted by Gasteiger charge is -2.16. The number of rotatable bonds is 3. The number of fused-ring (bicyclic) bond motifs is 1. The van der Waals surface area contributed by atoms with E-state index in [-0.39, 0.29) is 6.03 Å². The van der Waals surface area contributed by atoms with E-state index in [2.05, 4.69) is 11.4 Å². The van der Waals surface area contributed by atoms with E-state index < -0.39 is 0 Å². The van der Waals surface area contributed by atoms with E-state index in [0.29, 0.717) is 6.54 Å². The van der Waals surface area contributed by atoms with E-state index in [0.717, 1.165) is 23.4 Å². The van der Waals surface area contributed by atoms with Gasteiger partial charge in [-0.2, -0.15) is 0 Å². The summed E-state index contributed by atoms with van der Waals surface area (Å²) in [4.78, 5) is 14.1. The molecule has 1 N–H and O–H groups in total. The van der Waals surface area contributed by atoms with Gasteiger partial charge in [0.05, 0.1) is 7.11 Å². The molecular weight excluding hydrogens is 276 g/mol. The molecule has 0 unspecified atom stereocenters. The molecule has 1 aliphatic heterocycles. The molecule has 0 aromatic heterocycles. The lowest BCUT2D eigenvalue weighted by atomic mass is 10.2. The van der Waals surface area contributed by atoms with Gasteiger partial charge < -0.3 is 10.1 Å². The summed E-state index contributed by atoms with van der Waals surface area (Å²) in [6.45, 7) is 0.716. The quantitative estimate of drug-likeness (QED) is 0.942. The van der Waals surface area contributed by atoms with E-state index >= 15 is 0 Å². The van der Waals surface area contributed by atoms with E-state index in [4.69, 9.17) is 4.74 Å². The summed E-state index contributed by atoms with van der Waals surface area (Å²) in [5.74, 6) is 0.777. The van der Waals surface area contributed by atoms with Crippen molar-refractivity contribution >= 4 is 17.8 Å². The minimum Gasteiger partial charge on any atom is -0.496 e. The van der Waals surface area contributed by atoms with Crippen molar-refractivity contribution in [1.29, 1.82) is 0 Å². The van der Waals surface area contributed by atoms with Gasteiger partial charge in [0.1, 0.15) is 5.75 Å². The average molecular weight is 294 g/mol. The first-order valence-electron chi connectivity index (χ1n) is 7.25. The van der Waals surface area contributed by atoms with Crippen LogP contribution in [0.4, 0.5) is 10.5 Å². The van der Waals surface area contributed by atoms with Crippen molar-refractivity contribution in [3.8, 4) is 5.75 Å². The van der Waals surface area contributed by atoms with Gasteiger partial charge in [0, 0.05) is 24.0 Å². The van der Waals surface area contributed by atoms with Crippen LogP contribution in [0, 0.1) is 0 Å². The van der Waals surface area contributed by atoms with E-state index in [1.165, 1.54) is 5.56 Å². The predicted molar refractivity (Wildman–Crippen MR) is 88.1 cm³/mol. The molecule has 0 radical (unpaired) electrons. The van der Waals surface area contributed by atoms with Gasteiger partial charge in [-0.05, 0) is 30.2 Å². The van der Waals surface area contributed by atoms with Crippen molar-refractivity contribution < 1.29 is 9.53 Å². The maximum atomic E-state index is 12.3. The lowest BCUT2D eigenvalue weighted by Crippen LogP contribution is -2.36. The zero-order valence-electron chi connectivity index (χ0n) is 12.5. The Morgan fingerprint density at radius 3 is 2.82 bits per heavy atom. The van der Waals surface area contributed by atoms with Gasteiger partial charge in [-0.25, -0.2) is 4.79 Å². The summed E-state index contributed by atoms with van der Waals surface area (Å²) in [5, 5.41) is 2.82. The van der Waals surface area contributed by atoms with Gasteiger partial charge in [-0.1, -0.05) is 36.4 Å². The fraction of sp³-hybridized carbons (Fsp3) is 0.167. The number of amides is 2. The number of nitrogens with zero attached hydrogens (tertiary/aromatic N) is 1. The molecule has 0 saturated carbocycles. The van der Waals surface area contributed by atoms with Crippen molar-refractivity contribution in [2.45, 2.75) is 6.42 Å². The fourth-order valence-corrected chi connectivity index (χ4v) is 2.63. The first-order valence-corrected chi connectivity index (χ1v) is 7.25. The third-order valence-electron chi connectivity index (χ3n) is 3.74. The second-order valence-electron chi connectivity index (χ2n) is 5.06. The first kappa shape index (κ1) is 14.2. The monoisotopic (exact) mass is 294 g/mol. The normalized spacial score (nSPS) is 13.2. The fourth-order valence-electron chi connectivity index (χ4n) is 2.63. The van der Waals surface area contributed by atoms with Crippen LogP contribution >= 0.6 is 0 Å². The average Bonchev–Trinajstić information content (AvgIpc) is 2.99. The Kier molecular flexibility index (Phi) is 4.10. The smallest absolute Gasteiger partial charge is 0.325 e. The van der Waals surface area contributed by atoms with Gasteiger partial charge in [0.2, 0.25) is 0 Å². The van der Waals surface area contributed by atoms with Crippen LogP contribution in [0.3, 0.4) is 0 Å². The summed E-state index contributed by atoms with van der Waals surface area (Å²) in [7, 11) is 1.63. The molecule has 0 bridgehead atoms. The topological polar surface area (TPSA) is 41.6 Å². The molecule has 0 saturated heterocycles. The Morgan fingerprint density at radius 2 is 1.95 bits per heavy atom. The molecule has 1 heterocycles. The number of carbonyl (C=O) groups is 1. The first-order chi connectivity index (χ1) is 10.8. The molecule has 2 amide bonds. The van der Waals surface area contributed by atoms with Crippen LogP contribution in [0.25, 0.3) is 6.08 Å². The number of anilines is 1. The number of para-hydroxylation sites is 2. The summed E-state index contributed by atoms with van der Waals surface area (Å²) in [6, 6.07) is 15.5. The SMILES string of the molecule is COc1ccccc1/C=C/NC(=O)N1CCc2ccccc21.